The Balaban J connectivity index is 1.76. The van der Waals surface area contributed by atoms with Gasteiger partial charge in [-0.1, -0.05) is 6.07 Å². The summed E-state index contributed by atoms with van der Waals surface area (Å²) in [6.45, 7) is 2.29. The molecule has 2 aliphatic heterocycles. The average Bonchev–Trinajstić information content (AvgIpc) is 2.63. The number of hydrogen-bond acceptors (Lipinski definition) is 6. The van der Waals surface area contributed by atoms with E-state index < -0.39 is 15.6 Å². The second-order valence-electron chi connectivity index (χ2n) is 6.27. The highest BCUT2D eigenvalue weighted by atomic mass is 32.2. The van der Waals surface area contributed by atoms with Gasteiger partial charge in [0.15, 0.2) is 0 Å². The fraction of sp³-hybridized carbons (Fsp3) is 0.562. The van der Waals surface area contributed by atoms with E-state index in [2.05, 4.69) is 5.32 Å². The van der Waals surface area contributed by atoms with Crippen molar-refractivity contribution in [2.45, 2.75) is 23.3 Å². The summed E-state index contributed by atoms with van der Waals surface area (Å²) in [6.07, 6.45) is 0.870. The van der Waals surface area contributed by atoms with Crippen LogP contribution in [0.5, 0.6) is 0 Å². The number of anilines is 1. The zero-order valence-electron chi connectivity index (χ0n) is 13.9. The Labute approximate surface area is 147 Å². The molecule has 3 N–H and O–H groups in total. The Morgan fingerprint density at radius 1 is 1.12 bits per heavy atom. The molecule has 0 saturated carbocycles. The normalized spacial score (nSPS) is 21.6. The molecule has 25 heavy (non-hydrogen) atoms. The van der Waals surface area contributed by atoms with Crippen molar-refractivity contribution in [1.29, 1.82) is 0 Å². The molecule has 1 amide bonds. The van der Waals surface area contributed by atoms with Crippen molar-refractivity contribution in [3.63, 3.8) is 0 Å². The van der Waals surface area contributed by atoms with Crippen LogP contribution in [0.3, 0.4) is 0 Å². The third-order valence-electron chi connectivity index (χ3n) is 4.54. The SMILES string of the molecule is NC1(C(=O)Nc2cccc(S(=O)(=O)N3CCOCC3)c2)CCOCC1. The fourth-order valence-electron chi connectivity index (χ4n) is 2.89. The first-order valence-electron chi connectivity index (χ1n) is 8.28. The first kappa shape index (κ1) is 18.3. The molecule has 2 aliphatic rings. The molecule has 1 aromatic carbocycles. The van der Waals surface area contributed by atoms with Gasteiger partial charge < -0.3 is 20.5 Å². The van der Waals surface area contributed by atoms with E-state index in [0.717, 1.165) is 0 Å². The molecule has 0 bridgehead atoms. The number of rotatable bonds is 4. The van der Waals surface area contributed by atoms with Gasteiger partial charge in [-0.2, -0.15) is 4.31 Å². The monoisotopic (exact) mass is 369 g/mol. The maximum Gasteiger partial charge on any atom is 0.244 e. The number of benzene rings is 1. The lowest BCUT2D eigenvalue weighted by Gasteiger charge is -2.31. The Bertz CT molecular complexity index is 725. The van der Waals surface area contributed by atoms with Gasteiger partial charge in [-0.05, 0) is 31.0 Å². The van der Waals surface area contributed by atoms with E-state index in [1.807, 2.05) is 0 Å². The van der Waals surface area contributed by atoms with Crippen molar-refractivity contribution in [3.05, 3.63) is 24.3 Å². The molecule has 138 valence electrons. The van der Waals surface area contributed by atoms with Crippen molar-refractivity contribution < 1.29 is 22.7 Å². The topological polar surface area (TPSA) is 111 Å². The van der Waals surface area contributed by atoms with Gasteiger partial charge in [0.1, 0.15) is 5.54 Å². The van der Waals surface area contributed by atoms with E-state index in [4.69, 9.17) is 15.2 Å². The third kappa shape index (κ3) is 4.01. The van der Waals surface area contributed by atoms with E-state index in [1.54, 1.807) is 12.1 Å². The number of sulfonamides is 1. The molecule has 8 nitrogen and oxygen atoms in total. The fourth-order valence-corrected chi connectivity index (χ4v) is 4.34. The molecule has 1 aromatic rings. The Hall–Kier alpha value is -1.52. The van der Waals surface area contributed by atoms with E-state index in [1.165, 1.54) is 16.4 Å². The van der Waals surface area contributed by atoms with Crippen LogP contribution in [-0.2, 0) is 24.3 Å². The minimum absolute atomic E-state index is 0.144. The number of nitrogens with two attached hydrogens (primary N) is 1. The zero-order chi connectivity index (χ0) is 17.9. The number of amides is 1. The Morgan fingerprint density at radius 2 is 1.76 bits per heavy atom. The predicted molar refractivity (Wildman–Crippen MR) is 91.6 cm³/mol. The van der Waals surface area contributed by atoms with Crippen molar-refractivity contribution in [3.8, 4) is 0 Å². The third-order valence-corrected chi connectivity index (χ3v) is 6.43. The molecule has 0 aromatic heterocycles. The van der Waals surface area contributed by atoms with Crippen LogP contribution in [0, 0.1) is 0 Å². The Kier molecular flexibility index (Phi) is 5.40. The number of nitrogens with zero attached hydrogens (tertiary/aromatic N) is 1. The minimum Gasteiger partial charge on any atom is -0.381 e. The van der Waals surface area contributed by atoms with Crippen LogP contribution >= 0.6 is 0 Å². The summed E-state index contributed by atoms with van der Waals surface area (Å²) >= 11 is 0. The maximum atomic E-state index is 12.7. The molecule has 2 heterocycles. The van der Waals surface area contributed by atoms with Crippen molar-refractivity contribution in [2.75, 3.05) is 44.8 Å². The first-order chi connectivity index (χ1) is 11.9. The highest BCUT2D eigenvalue weighted by Gasteiger charge is 2.36. The number of hydrogen-bond donors (Lipinski definition) is 2. The lowest BCUT2D eigenvalue weighted by molar-refractivity contribution is -0.124. The van der Waals surface area contributed by atoms with Gasteiger partial charge in [-0.15, -0.1) is 0 Å². The molecule has 0 atom stereocenters. The molecular formula is C16H23N3O5S. The van der Waals surface area contributed by atoms with Crippen LogP contribution in [0.15, 0.2) is 29.2 Å². The average molecular weight is 369 g/mol. The molecule has 0 aliphatic carbocycles. The summed E-state index contributed by atoms with van der Waals surface area (Å²) < 4.78 is 37.2. The van der Waals surface area contributed by atoms with Gasteiger partial charge in [0.25, 0.3) is 0 Å². The van der Waals surface area contributed by atoms with E-state index in [0.29, 0.717) is 58.0 Å². The predicted octanol–water partition coefficient (Wildman–Crippen LogP) is 0.154. The number of carbonyl (C=O) groups excluding carboxylic acids is 1. The summed E-state index contributed by atoms with van der Waals surface area (Å²) in [4.78, 5) is 12.6. The van der Waals surface area contributed by atoms with Gasteiger partial charge in [0.2, 0.25) is 15.9 Å². The van der Waals surface area contributed by atoms with Gasteiger partial charge >= 0.3 is 0 Å². The highest BCUT2D eigenvalue weighted by Crippen LogP contribution is 2.23. The molecule has 0 spiro atoms. The summed E-state index contributed by atoms with van der Waals surface area (Å²) in [7, 11) is -3.61. The smallest absolute Gasteiger partial charge is 0.244 e. The van der Waals surface area contributed by atoms with Crippen molar-refractivity contribution in [2.24, 2.45) is 5.73 Å². The van der Waals surface area contributed by atoms with Crippen LogP contribution in [0.25, 0.3) is 0 Å². The Morgan fingerprint density at radius 3 is 2.44 bits per heavy atom. The van der Waals surface area contributed by atoms with Gasteiger partial charge in [-0.25, -0.2) is 8.42 Å². The second-order valence-corrected chi connectivity index (χ2v) is 8.20. The second kappa shape index (κ2) is 7.38. The van der Waals surface area contributed by atoms with Gasteiger partial charge in [0, 0.05) is 32.0 Å². The molecule has 2 fully saturated rings. The van der Waals surface area contributed by atoms with Crippen LogP contribution < -0.4 is 11.1 Å². The quantitative estimate of drug-likeness (QED) is 0.782. The zero-order valence-corrected chi connectivity index (χ0v) is 14.8. The molecule has 0 radical (unpaired) electrons. The van der Waals surface area contributed by atoms with Crippen LogP contribution in [-0.4, -0.2) is 63.7 Å². The van der Waals surface area contributed by atoms with E-state index >= 15 is 0 Å². The van der Waals surface area contributed by atoms with E-state index in [9.17, 15) is 13.2 Å². The van der Waals surface area contributed by atoms with Crippen molar-refractivity contribution >= 4 is 21.6 Å². The molecule has 0 unspecified atom stereocenters. The van der Waals surface area contributed by atoms with Crippen LogP contribution in [0.1, 0.15) is 12.8 Å². The maximum absolute atomic E-state index is 12.7. The summed E-state index contributed by atoms with van der Waals surface area (Å²) in [6, 6.07) is 6.24. The highest BCUT2D eigenvalue weighted by molar-refractivity contribution is 7.89. The number of ether oxygens (including phenoxy) is 2. The van der Waals surface area contributed by atoms with Crippen LogP contribution in [0.2, 0.25) is 0 Å². The van der Waals surface area contributed by atoms with Crippen molar-refractivity contribution in [1.82, 2.24) is 4.31 Å². The van der Waals surface area contributed by atoms with E-state index in [-0.39, 0.29) is 10.8 Å². The van der Waals surface area contributed by atoms with Crippen LogP contribution in [0.4, 0.5) is 5.69 Å². The van der Waals surface area contributed by atoms with Gasteiger partial charge in [0.05, 0.1) is 18.1 Å². The lowest BCUT2D eigenvalue weighted by Crippen LogP contribution is -2.54. The number of morpholine rings is 1. The summed E-state index contributed by atoms with van der Waals surface area (Å²) in [5.74, 6) is -0.322. The number of nitrogens with one attached hydrogen (secondary N) is 1. The standard InChI is InChI=1S/C16H23N3O5S/c17-16(4-8-23-9-5-16)15(20)18-13-2-1-3-14(12-13)25(21,22)19-6-10-24-11-7-19/h1-3,12H,4-11,17H2,(H,18,20). The first-order valence-corrected chi connectivity index (χ1v) is 9.72. The largest absolute Gasteiger partial charge is 0.381 e. The summed E-state index contributed by atoms with van der Waals surface area (Å²) in [5, 5.41) is 2.74. The molecule has 2 saturated heterocycles. The minimum atomic E-state index is -3.61. The molecular weight excluding hydrogens is 346 g/mol. The van der Waals surface area contributed by atoms with Gasteiger partial charge in [-0.3, -0.25) is 4.79 Å². The number of carbonyl (C=O) groups is 1. The summed E-state index contributed by atoms with van der Waals surface area (Å²) in [5.41, 5.74) is 5.58. The lowest BCUT2D eigenvalue weighted by atomic mass is 9.90. The molecule has 3 rings (SSSR count). The molecule has 9 heteroatoms.